The first-order valence-corrected chi connectivity index (χ1v) is 13.8. The molecular weight excluding hydrogens is 520 g/mol. The fraction of sp³-hybridized carbons (Fsp3) is 0.720. The van der Waals surface area contributed by atoms with Gasteiger partial charge in [0.1, 0.15) is 0 Å². The molecule has 3 fully saturated rings. The first-order valence-electron chi connectivity index (χ1n) is 12.5. The van der Waals surface area contributed by atoms with Crippen LogP contribution in [0.1, 0.15) is 43.2 Å². The zero-order valence-electron chi connectivity index (χ0n) is 21.0. The van der Waals surface area contributed by atoms with Crippen LogP contribution in [0.25, 0.3) is 0 Å². The topological polar surface area (TPSA) is 36.0 Å². The lowest BCUT2D eigenvalue weighted by atomic mass is 9.84. The lowest BCUT2D eigenvalue weighted by molar-refractivity contribution is -0.308. The first-order chi connectivity index (χ1) is 17.3. The minimum Gasteiger partial charge on any atom is -0.426 e. The van der Waals surface area contributed by atoms with Gasteiger partial charge in [-0.1, -0.05) is 12.1 Å². The van der Waals surface area contributed by atoms with E-state index in [1.807, 2.05) is 11.8 Å². The molecule has 0 aliphatic carbocycles. The van der Waals surface area contributed by atoms with Crippen LogP contribution in [0, 0.1) is 6.92 Å². The van der Waals surface area contributed by atoms with E-state index in [0.717, 1.165) is 43.8 Å². The zero-order valence-corrected chi connectivity index (χ0v) is 21.8. The maximum absolute atomic E-state index is 12.8. The van der Waals surface area contributed by atoms with Crippen LogP contribution in [-0.4, -0.2) is 84.1 Å². The Hall–Kier alpha value is -1.82. The van der Waals surface area contributed by atoms with E-state index in [0.29, 0.717) is 24.6 Å². The number of aryl methyl sites for hydroxylation is 1. The van der Waals surface area contributed by atoms with Crippen molar-refractivity contribution in [3.05, 3.63) is 29.3 Å². The van der Waals surface area contributed by atoms with Crippen molar-refractivity contribution in [2.45, 2.75) is 74.8 Å². The summed E-state index contributed by atoms with van der Waals surface area (Å²) < 4.78 is 80.9. The lowest BCUT2D eigenvalue weighted by Gasteiger charge is -2.45. The Morgan fingerprint density at radius 1 is 1.08 bits per heavy atom. The van der Waals surface area contributed by atoms with E-state index in [9.17, 15) is 31.1 Å². The number of hydrogen-bond acceptors (Lipinski definition) is 5. The van der Waals surface area contributed by atoms with Gasteiger partial charge in [0.25, 0.3) is 6.10 Å². The summed E-state index contributed by atoms with van der Waals surface area (Å²) in [5, 5.41) is 0.602. The molecule has 3 heterocycles. The van der Waals surface area contributed by atoms with Crippen LogP contribution in [0.2, 0.25) is 0 Å². The highest BCUT2D eigenvalue weighted by atomic mass is 32.2. The van der Waals surface area contributed by atoms with E-state index in [4.69, 9.17) is 0 Å². The van der Waals surface area contributed by atoms with Crippen LogP contribution in [0.15, 0.2) is 18.2 Å². The number of amides is 1. The number of carbonyl (C=O) groups excluding carboxylic acids is 1. The average Bonchev–Trinajstić information content (AvgIpc) is 3.45. The summed E-state index contributed by atoms with van der Waals surface area (Å²) in [6.07, 6.45) is -11.1. The van der Waals surface area contributed by atoms with Crippen LogP contribution < -0.4 is 4.90 Å². The Labute approximate surface area is 217 Å². The van der Waals surface area contributed by atoms with E-state index < -0.39 is 24.5 Å². The van der Waals surface area contributed by atoms with Crippen molar-refractivity contribution in [1.29, 1.82) is 0 Å². The molecule has 3 saturated heterocycles. The van der Waals surface area contributed by atoms with Crippen molar-refractivity contribution in [3.8, 4) is 0 Å². The largest absolute Gasteiger partial charge is 0.434 e. The molecule has 0 bridgehead atoms. The number of piperidine rings is 1. The third kappa shape index (κ3) is 6.26. The molecule has 37 heavy (non-hydrogen) atoms. The van der Waals surface area contributed by atoms with Gasteiger partial charge in [-0.05, 0) is 69.0 Å². The van der Waals surface area contributed by atoms with E-state index in [-0.39, 0.29) is 18.6 Å². The summed E-state index contributed by atoms with van der Waals surface area (Å²) >= 11 is 1.88. The number of anilines is 1. The normalized spacial score (nSPS) is 22.9. The van der Waals surface area contributed by atoms with Crippen LogP contribution in [0.3, 0.4) is 0 Å². The van der Waals surface area contributed by atoms with Gasteiger partial charge in [0.2, 0.25) is 0 Å². The maximum atomic E-state index is 12.8. The first kappa shape index (κ1) is 28.2. The number of nitrogens with zero attached hydrogens (tertiary/aromatic N) is 3. The van der Waals surface area contributed by atoms with Gasteiger partial charge in [-0.25, -0.2) is 4.79 Å². The molecule has 1 aromatic carbocycles. The summed E-state index contributed by atoms with van der Waals surface area (Å²) in [6, 6.07) is 6.47. The number of carbonyl (C=O) groups is 1. The van der Waals surface area contributed by atoms with Crippen molar-refractivity contribution >= 4 is 23.5 Å². The quantitative estimate of drug-likeness (QED) is 0.419. The number of halogens is 6. The van der Waals surface area contributed by atoms with Crippen LogP contribution in [0.4, 0.5) is 36.8 Å². The molecule has 12 heteroatoms. The number of benzene rings is 1. The molecule has 1 aromatic rings. The molecule has 4 rings (SSSR count). The Morgan fingerprint density at radius 2 is 1.76 bits per heavy atom. The molecular formula is C25H33F6N3O2S. The smallest absolute Gasteiger partial charge is 0.426 e. The Kier molecular flexibility index (Phi) is 8.19. The van der Waals surface area contributed by atoms with Gasteiger partial charge in [0, 0.05) is 49.2 Å². The van der Waals surface area contributed by atoms with Crippen molar-refractivity contribution in [2.24, 2.45) is 0 Å². The standard InChI is InChI=1S/C25H33F6N3O2S/c1-17-4-5-18(20(14-17)33-11-6-19(16-33)37-2)15-34-10-3-7-23(34)8-12-32(13-9-23)22(35)36-21(24(26,27)28)25(29,30)31/h4-5,14,19,21H,3,6-13,15-16H2,1-2H3. The molecule has 1 atom stereocenters. The van der Waals surface area contributed by atoms with Gasteiger partial charge in [-0.2, -0.15) is 38.1 Å². The Morgan fingerprint density at radius 3 is 2.35 bits per heavy atom. The van der Waals surface area contributed by atoms with Gasteiger partial charge in [0.05, 0.1) is 0 Å². The van der Waals surface area contributed by atoms with E-state index in [1.165, 1.54) is 16.8 Å². The molecule has 0 saturated carbocycles. The van der Waals surface area contributed by atoms with Crippen molar-refractivity contribution in [1.82, 2.24) is 9.80 Å². The molecule has 5 nitrogen and oxygen atoms in total. The fourth-order valence-electron chi connectivity index (χ4n) is 5.85. The summed E-state index contributed by atoms with van der Waals surface area (Å²) in [6.45, 7) is 5.75. The summed E-state index contributed by atoms with van der Waals surface area (Å²) in [5.74, 6) is 0. The zero-order chi connectivity index (χ0) is 27.0. The number of thioether (sulfide) groups is 1. The van der Waals surface area contributed by atoms with Gasteiger partial charge < -0.3 is 14.5 Å². The highest BCUT2D eigenvalue weighted by molar-refractivity contribution is 7.99. The molecule has 0 N–H and O–H groups in total. The van der Waals surface area contributed by atoms with Gasteiger partial charge >= 0.3 is 18.4 Å². The van der Waals surface area contributed by atoms with E-state index in [2.05, 4.69) is 45.9 Å². The fourth-order valence-corrected chi connectivity index (χ4v) is 6.52. The molecule has 1 spiro atoms. The number of alkyl halides is 6. The summed E-state index contributed by atoms with van der Waals surface area (Å²) in [7, 11) is 0. The van der Waals surface area contributed by atoms with Crippen LogP contribution in [0.5, 0.6) is 0 Å². The Bertz CT molecular complexity index is 951. The van der Waals surface area contributed by atoms with Crippen molar-refractivity contribution in [3.63, 3.8) is 0 Å². The molecule has 0 aromatic heterocycles. The third-order valence-corrected chi connectivity index (χ3v) is 8.98. The van der Waals surface area contributed by atoms with E-state index >= 15 is 0 Å². The summed E-state index contributed by atoms with van der Waals surface area (Å²) in [4.78, 5) is 18.0. The number of likely N-dealkylation sites (tertiary alicyclic amines) is 2. The number of rotatable bonds is 5. The molecule has 1 unspecified atom stereocenters. The molecule has 1 amide bonds. The second-order valence-electron chi connectivity index (χ2n) is 10.3. The highest BCUT2D eigenvalue weighted by Crippen LogP contribution is 2.42. The SMILES string of the molecule is CSC1CCN(c2cc(C)ccc2CN2CCCC23CCN(C(=O)OC(C(F)(F)F)C(F)(F)F)CC3)C1. The monoisotopic (exact) mass is 553 g/mol. The predicted molar refractivity (Wildman–Crippen MR) is 131 cm³/mol. The highest BCUT2D eigenvalue weighted by Gasteiger charge is 2.60. The Balaban J connectivity index is 1.42. The second-order valence-corrected chi connectivity index (χ2v) is 11.4. The lowest BCUT2D eigenvalue weighted by Crippen LogP contribution is -2.54. The third-order valence-electron chi connectivity index (χ3n) is 7.93. The van der Waals surface area contributed by atoms with Crippen molar-refractivity contribution in [2.75, 3.05) is 43.9 Å². The van der Waals surface area contributed by atoms with Gasteiger partial charge in [-0.15, -0.1) is 0 Å². The van der Waals surface area contributed by atoms with Crippen LogP contribution in [-0.2, 0) is 11.3 Å². The number of hydrogen-bond donors (Lipinski definition) is 0. The van der Waals surface area contributed by atoms with Crippen molar-refractivity contribution < 1.29 is 35.9 Å². The summed E-state index contributed by atoms with van der Waals surface area (Å²) in [5.41, 5.74) is 3.39. The molecule has 3 aliphatic rings. The minimum atomic E-state index is -5.72. The van der Waals surface area contributed by atoms with Gasteiger partial charge in [-0.3, -0.25) is 4.90 Å². The molecule has 208 valence electrons. The van der Waals surface area contributed by atoms with Gasteiger partial charge in [0.15, 0.2) is 0 Å². The molecule has 0 radical (unpaired) electrons. The molecule has 3 aliphatic heterocycles. The van der Waals surface area contributed by atoms with Crippen LogP contribution >= 0.6 is 11.8 Å². The predicted octanol–water partition coefficient (Wildman–Crippen LogP) is 6.00. The second kappa shape index (κ2) is 10.7. The number of ether oxygens (including phenoxy) is 1. The van der Waals surface area contributed by atoms with E-state index in [1.54, 1.807) is 0 Å². The minimum absolute atomic E-state index is 0.0556. The maximum Gasteiger partial charge on any atom is 0.434 e. The average molecular weight is 554 g/mol.